The van der Waals surface area contributed by atoms with E-state index in [4.69, 9.17) is 14.5 Å². The molecule has 0 spiro atoms. The Labute approximate surface area is 225 Å². The van der Waals surface area contributed by atoms with E-state index >= 15 is 0 Å². The summed E-state index contributed by atoms with van der Waals surface area (Å²) in [6.45, 7) is 9.67. The van der Waals surface area contributed by atoms with Crippen molar-refractivity contribution in [3.63, 3.8) is 0 Å². The number of benzene rings is 2. The highest BCUT2D eigenvalue weighted by atomic mass is 32.1. The zero-order valence-electron chi connectivity index (χ0n) is 22.1. The van der Waals surface area contributed by atoms with Crippen LogP contribution >= 0.6 is 11.3 Å². The van der Waals surface area contributed by atoms with E-state index < -0.39 is 17.8 Å². The van der Waals surface area contributed by atoms with E-state index in [2.05, 4.69) is 31.3 Å². The zero-order chi connectivity index (χ0) is 27.4. The molecule has 2 aromatic heterocycles. The van der Waals surface area contributed by atoms with E-state index in [9.17, 15) is 14.4 Å². The number of thiophene rings is 1. The van der Waals surface area contributed by atoms with Gasteiger partial charge in [-0.3, -0.25) is 4.79 Å². The molecule has 38 heavy (non-hydrogen) atoms. The van der Waals surface area contributed by atoms with Crippen molar-refractivity contribution in [3.8, 4) is 11.3 Å². The van der Waals surface area contributed by atoms with Gasteiger partial charge < -0.3 is 14.8 Å². The van der Waals surface area contributed by atoms with Gasteiger partial charge in [-0.15, -0.1) is 11.3 Å². The third-order valence-corrected chi connectivity index (χ3v) is 7.34. The van der Waals surface area contributed by atoms with E-state index in [1.165, 1.54) is 5.56 Å². The van der Waals surface area contributed by atoms with Crippen LogP contribution in [0.5, 0.6) is 0 Å². The van der Waals surface area contributed by atoms with E-state index in [1.807, 2.05) is 36.4 Å². The molecule has 0 atom stereocenters. The minimum Gasteiger partial charge on any atom is -0.462 e. The maximum absolute atomic E-state index is 13.7. The number of rotatable bonds is 8. The number of ether oxygens (including phenoxy) is 2. The number of aromatic nitrogens is 1. The molecule has 0 radical (unpaired) electrons. The van der Waals surface area contributed by atoms with Crippen molar-refractivity contribution in [3.05, 3.63) is 81.7 Å². The molecule has 1 amide bonds. The highest BCUT2D eigenvalue weighted by Crippen LogP contribution is 2.35. The minimum absolute atomic E-state index is 0.149. The molecule has 2 aromatic carbocycles. The molecule has 0 aliphatic heterocycles. The smallest absolute Gasteiger partial charge is 0.348 e. The number of nitrogens with one attached hydrogen (secondary N) is 1. The Balaban J connectivity index is 1.78. The van der Waals surface area contributed by atoms with Crippen LogP contribution < -0.4 is 5.32 Å². The third-order valence-electron chi connectivity index (χ3n) is 6.15. The average Bonchev–Trinajstić information content (AvgIpc) is 3.23. The van der Waals surface area contributed by atoms with Crippen molar-refractivity contribution in [2.75, 3.05) is 18.5 Å². The molecule has 7 nitrogen and oxygen atoms in total. The summed E-state index contributed by atoms with van der Waals surface area (Å²) in [5.41, 5.74) is 4.39. The van der Waals surface area contributed by atoms with Crippen LogP contribution in [0.4, 0.5) is 5.00 Å². The number of fused-ring (bicyclic) bond motifs is 1. The number of amides is 1. The molecular formula is C30H30N2O5S. The number of carbonyl (C=O) groups is 3. The predicted octanol–water partition coefficient (Wildman–Crippen LogP) is 7.00. The van der Waals surface area contributed by atoms with Crippen molar-refractivity contribution in [1.82, 2.24) is 4.98 Å². The van der Waals surface area contributed by atoms with Gasteiger partial charge in [-0.05, 0) is 49.9 Å². The number of hydrogen-bond acceptors (Lipinski definition) is 7. The number of nitrogens with zero attached hydrogens (tertiary/aromatic N) is 1. The standard InChI is InChI=1S/C30H30N2O5S/c1-6-36-29(34)25-18(5)26(30(35)37-7-2)38-28(25)32-27(33)22-16-24(31-23-11-9-8-10-21(22)23)20-14-12-19(13-15-20)17(3)4/h8-17H,6-7H2,1-5H3,(H,32,33). The van der Waals surface area contributed by atoms with Crippen LogP contribution in [0, 0.1) is 6.92 Å². The van der Waals surface area contributed by atoms with Gasteiger partial charge >= 0.3 is 11.9 Å². The molecule has 4 aromatic rings. The van der Waals surface area contributed by atoms with Gasteiger partial charge in [-0.1, -0.05) is 56.3 Å². The van der Waals surface area contributed by atoms with Gasteiger partial charge in [0.05, 0.1) is 35.6 Å². The summed E-state index contributed by atoms with van der Waals surface area (Å²) in [5.74, 6) is -1.19. The van der Waals surface area contributed by atoms with Crippen LogP contribution in [0.2, 0.25) is 0 Å². The lowest BCUT2D eigenvalue weighted by atomic mass is 9.99. The largest absolute Gasteiger partial charge is 0.462 e. The van der Waals surface area contributed by atoms with E-state index in [0.29, 0.717) is 33.6 Å². The molecule has 196 valence electrons. The van der Waals surface area contributed by atoms with Crippen LogP contribution in [-0.2, 0) is 9.47 Å². The number of hydrogen-bond donors (Lipinski definition) is 1. The second kappa shape index (κ2) is 11.6. The zero-order valence-corrected chi connectivity index (χ0v) is 22.9. The van der Waals surface area contributed by atoms with Gasteiger partial charge in [0.25, 0.3) is 5.91 Å². The first-order chi connectivity index (χ1) is 18.2. The Bertz CT molecular complexity index is 1510. The molecule has 4 rings (SSSR count). The molecule has 0 fully saturated rings. The van der Waals surface area contributed by atoms with Gasteiger partial charge in [0.2, 0.25) is 0 Å². The fourth-order valence-corrected chi connectivity index (χ4v) is 5.25. The first kappa shape index (κ1) is 27.0. The van der Waals surface area contributed by atoms with Crippen molar-refractivity contribution in [2.24, 2.45) is 0 Å². The molecule has 1 N–H and O–H groups in total. The predicted molar refractivity (Wildman–Crippen MR) is 150 cm³/mol. The Hall–Kier alpha value is -4.04. The maximum Gasteiger partial charge on any atom is 0.348 e. The summed E-state index contributed by atoms with van der Waals surface area (Å²) < 4.78 is 10.4. The minimum atomic E-state index is -0.613. The quantitative estimate of drug-likeness (QED) is 0.247. The number of carbonyl (C=O) groups excluding carboxylic acids is 3. The highest BCUT2D eigenvalue weighted by Gasteiger charge is 2.28. The van der Waals surface area contributed by atoms with Crippen molar-refractivity contribution in [2.45, 2.75) is 40.5 Å². The highest BCUT2D eigenvalue weighted by molar-refractivity contribution is 7.18. The monoisotopic (exact) mass is 530 g/mol. The average molecular weight is 531 g/mol. The molecule has 0 aliphatic rings. The number of pyridine rings is 1. The van der Waals surface area contributed by atoms with Crippen molar-refractivity contribution >= 4 is 45.1 Å². The lowest BCUT2D eigenvalue weighted by Gasteiger charge is -2.12. The molecule has 0 bridgehead atoms. The SMILES string of the molecule is CCOC(=O)c1sc(NC(=O)c2cc(-c3ccc(C(C)C)cc3)nc3ccccc23)c(C(=O)OCC)c1C. The van der Waals surface area contributed by atoms with E-state index in [1.54, 1.807) is 26.8 Å². The second-order valence-electron chi connectivity index (χ2n) is 9.00. The third kappa shape index (κ3) is 5.45. The van der Waals surface area contributed by atoms with Crippen molar-refractivity contribution < 1.29 is 23.9 Å². The van der Waals surface area contributed by atoms with E-state index in [-0.39, 0.29) is 28.7 Å². The van der Waals surface area contributed by atoms with Gasteiger partial charge in [0.1, 0.15) is 9.88 Å². The van der Waals surface area contributed by atoms with Gasteiger partial charge in [-0.25, -0.2) is 14.6 Å². The number of esters is 2. The first-order valence-electron chi connectivity index (χ1n) is 12.5. The lowest BCUT2D eigenvalue weighted by molar-refractivity contribution is 0.0527. The summed E-state index contributed by atoms with van der Waals surface area (Å²) >= 11 is 0.999. The molecule has 0 unspecified atom stereocenters. The molecule has 2 heterocycles. The summed E-state index contributed by atoms with van der Waals surface area (Å²) in [7, 11) is 0. The lowest BCUT2D eigenvalue weighted by Crippen LogP contribution is -2.15. The number of anilines is 1. The van der Waals surface area contributed by atoms with Crippen LogP contribution in [0.25, 0.3) is 22.2 Å². The molecule has 0 saturated carbocycles. The molecule has 0 aliphatic carbocycles. The normalized spacial score (nSPS) is 11.0. The Morgan fingerprint density at radius 2 is 1.61 bits per heavy atom. The second-order valence-corrected chi connectivity index (χ2v) is 10.0. The number of para-hydroxylation sites is 1. The summed E-state index contributed by atoms with van der Waals surface area (Å²) in [5, 5.41) is 3.77. The van der Waals surface area contributed by atoms with Crippen LogP contribution in [0.15, 0.2) is 54.6 Å². The summed E-state index contributed by atoms with van der Waals surface area (Å²) in [4.78, 5) is 44.1. The molecular weight excluding hydrogens is 500 g/mol. The maximum atomic E-state index is 13.7. The molecule has 0 saturated heterocycles. The Kier molecular flexibility index (Phi) is 8.22. The van der Waals surface area contributed by atoms with Crippen LogP contribution in [-0.4, -0.2) is 36.0 Å². The first-order valence-corrected chi connectivity index (χ1v) is 13.4. The van der Waals surface area contributed by atoms with Gasteiger partial charge in [0.15, 0.2) is 0 Å². The fraction of sp³-hybridized carbons (Fsp3) is 0.267. The van der Waals surface area contributed by atoms with Gasteiger partial charge in [0, 0.05) is 10.9 Å². The molecule has 8 heteroatoms. The topological polar surface area (TPSA) is 94.6 Å². The Morgan fingerprint density at radius 1 is 0.947 bits per heavy atom. The van der Waals surface area contributed by atoms with Crippen molar-refractivity contribution in [1.29, 1.82) is 0 Å². The summed E-state index contributed by atoms with van der Waals surface area (Å²) in [6, 6.07) is 17.3. The fourth-order valence-electron chi connectivity index (χ4n) is 4.16. The Morgan fingerprint density at radius 3 is 2.26 bits per heavy atom. The van der Waals surface area contributed by atoms with Gasteiger partial charge in [-0.2, -0.15) is 0 Å². The van der Waals surface area contributed by atoms with Crippen LogP contribution in [0.1, 0.15) is 75.1 Å². The van der Waals surface area contributed by atoms with E-state index in [0.717, 1.165) is 16.9 Å². The van der Waals surface area contributed by atoms with Crippen LogP contribution in [0.3, 0.4) is 0 Å². The summed E-state index contributed by atoms with van der Waals surface area (Å²) in [6.07, 6.45) is 0.